The third-order valence-electron chi connectivity index (χ3n) is 2.54. The van der Waals surface area contributed by atoms with Crippen LogP contribution in [0, 0.1) is 11.3 Å². The van der Waals surface area contributed by atoms with E-state index in [0.29, 0.717) is 5.56 Å². The number of nitrogens with one attached hydrogen (secondary N) is 1. The van der Waals surface area contributed by atoms with Crippen molar-refractivity contribution in [3.8, 4) is 6.07 Å². The second-order valence-corrected chi connectivity index (χ2v) is 3.67. The molecule has 4 heteroatoms. The van der Waals surface area contributed by atoms with Crippen molar-refractivity contribution in [1.29, 1.82) is 5.26 Å². The lowest BCUT2D eigenvalue weighted by Gasteiger charge is -2.26. The molecular formula is C11H14N4. The summed E-state index contributed by atoms with van der Waals surface area (Å²) in [6.07, 6.45) is 1.70. The Hall–Kier alpha value is -1.44. The monoisotopic (exact) mass is 202 g/mol. The Morgan fingerprint density at radius 1 is 1.47 bits per heavy atom. The Kier molecular flexibility index (Phi) is 3.28. The van der Waals surface area contributed by atoms with Gasteiger partial charge in [-0.25, -0.2) is 0 Å². The highest BCUT2D eigenvalue weighted by molar-refractivity contribution is 5.28. The average Bonchev–Trinajstić information content (AvgIpc) is 2.31. The second-order valence-electron chi connectivity index (χ2n) is 3.67. The van der Waals surface area contributed by atoms with Gasteiger partial charge in [0.15, 0.2) is 0 Å². The van der Waals surface area contributed by atoms with Crippen molar-refractivity contribution in [2.24, 2.45) is 0 Å². The SMILES string of the molecule is N#Cc1ccnc(CN2CCNCC2)c1. The molecule has 1 aromatic heterocycles. The Morgan fingerprint density at radius 2 is 2.27 bits per heavy atom. The van der Waals surface area contributed by atoms with Crippen molar-refractivity contribution < 1.29 is 0 Å². The number of nitriles is 1. The van der Waals surface area contributed by atoms with Gasteiger partial charge in [0.25, 0.3) is 0 Å². The molecule has 0 unspecified atom stereocenters. The molecule has 0 atom stereocenters. The predicted molar refractivity (Wildman–Crippen MR) is 57.1 cm³/mol. The fraction of sp³-hybridized carbons (Fsp3) is 0.455. The van der Waals surface area contributed by atoms with Crippen LogP contribution in [0.2, 0.25) is 0 Å². The third kappa shape index (κ3) is 2.75. The molecule has 1 aliphatic rings. The second kappa shape index (κ2) is 4.87. The van der Waals surface area contributed by atoms with Crippen molar-refractivity contribution in [1.82, 2.24) is 15.2 Å². The van der Waals surface area contributed by atoms with Crippen molar-refractivity contribution in [2.75, 3.05) is 26.2 Å². The molecule has 1 N–H and O–H groups in total. The van der Waals surface area contributed by atoms with E-state index >= 15 is 0 Å². The molecule has 1 saturated heterocycles. The van der Waals surface area contributed by atoms with Crippen molar-refractivity contribution >= 4 is 0 Å². The predicted octanol–water partition coefficient (Wildman–Crippen LogP) is 0.358. The minimum atomic E-state index is 0.690. The van der Waals surface area contributed by atoms with E-state index in [4.69, 9.17) is 5.26 Å². The maximum Gasteiger partial charge on any atom is 0.0992 e. The Labute approximate surface area is 89.5 Å². The van der Waals surface area contributed by atoms with Crippen molar-refractivity contribution in [3.63, 3.8) is 0 Å². The summed E-state index contributed by atoms with van der Waals surface area (Å²) in [5, 5.41) is 12.1. The third-order valence-corrected chi connectivity index (χ3v) is 2.54. The molecule has 0 aliphatic carbocycles. The zero-order valence-electron chi connectivity index (χ0n) is 8.61. The van der Waals surface area contributed by atoms with Gasteiger partial charge in [-0.15, -0.1) is 0 Å². The summed E-state index contributed by atoms with van der Waals surface area (Å²) >= 11 is 0. The summed E-state index contributed by atoms with van der Waals surface area (Å²) in [5.41, 5.74) is 1.67. The standard InChI is InChI=1S/C11H14N4/c12-8-10-1-2-14-11(7-10)9-15-5-3-13-4-6-15/h1-2,7,13H,3-6,9H2. The molecule has 1 aliphatic heterocycles. The summed E-state index contributed by atoms with van der Waals surface area (Å²) in [6, 6.07) is 5.73. The number of rotatable bonds is 2. The zero-order valence-corrected chi connectivity index (χ0v) is 8.61. The van der Waals surface area contributed by atoms with Gasteiger partial charge < -0.3 is 5.32 Å². The highest BCUT2D eigenvalue weighted by Gasteiger charge is 2.10. The molecule has 2 heterocycles. The number of hydrogen-bond donors (Lipinski definition) is 1. The number of nitrogens with zero attached hydrogens (tertiary/aromatic N) is 3. The van der Waals surface area contributed by atoms with Crippen LogP contribution in [0.1, 0.15) is 11.3 Å². The normalized spacial score (nSPS) is 17.3. The minimum absolute atomic E-state index is 0.690. The van der Waals surface area contributed by atoms with E-state index in [1.807, 2.05) is 6.07 Å². The molecular weight excluding hydrogens is 188 g/mol. The van der Waals surface area contributed by atoms with Crippen LogP contribution in [-0.2, 0) is 6.54 Å². The molecule has 1 fully saturated rings. The Balaban J connectivity index is 2.00. The van der Waals surface area contributed by atoms with Gasteiger partial charge in [0.1, 0.15) is 0 Å². The first-order valence-electron chi connectivity index (χ1n) is 5.16. The lowest BCUT2D eigenvalue weighted by atomic mass is 10.2. The lowest BCUT2D eigenvalue weighted by molar-refractivity contribution is 0.230. The summed E-state index contributed by atoms with van der Waals surface area (Å²) in [6.45, 7) is 5.03. The van der Waals surface area contributed by atoms with Crippen LogP contribution >= 0.6 is 0 Å². The summed E-state index contributed by atoms with van der Waals surface area (Å²) in [5.74, 6) is 0. The molecule has 0 bridgehead atoms. The quantitative estimate of drug-likeness (QED) is 0.752. The Morgan fingerprint density at radius 3 is 3.00 bits per heavy atom. The van der Waals surface area contributed by atoms with E-state index in [-0.39, 0.29) is 0 Å². The molecule has 0 spiro atoms. The van der Waals surface area contributed by atoms with Gasteiger partial charge in [-0.05, 0) is 12.1 Å². The highest BCUT2D eigenvalue weighted by Crippen LogP contribution is 2.05. The van der Waals surface area contributed by atoms with Crippen LogP contribution in [0.3, 0.4) is 0 Å². The van der Waals surface area contributed by atoms with Crippen LogP contribution in [0.15, 0.2) is 18.3 Å². The average molecular weight is 202 g/mol. The van der Waals surface area contributed by atoms with E-state index in [1.165, 1.54) is 0 Å². The maximum atomic E-state index is 8.77. The van der Waals surface area contributed by atoms with Crippen LogP contribution in [-0.4, -0.2) is 36.1 Å². The Bertz CT molecular complexity index is 363. The molecule has 0 radical (unpaired) electrons. The number of aromatic nitrogens is 1. The first-order valence-corrected chi connectivity index (χ1v) is 5.16. The molecule has 0 amide bonds. The fourth-order valence-electron chi connectivity index (χ4n) is 1.73. The number of pyridine rings is 1. The van der Waals surface area contributed by atoms with E-state index < -0.39 is 0 Å². The van der Waals surface area contributed by atoms with Gasteiger partial charge in [0.05, 0.1) is 17.3 Å². The van der Waals surface area contributed by atoms with E-state index in [0.717, 1.165) is 38.4 Å². The van der Waals surface area contributed by atoms with Crippen LogP contribution in [0.4, 0.5) is 0 Å². The lowest BCUT2D eigenvalue weighted by Crippen LogP contribution is -2.43. The highest BCUT2D eigenvalue weighted by atomic mass is 15.2. The van der Waals surface area contributed by atoms with Crippen LogP contribution in [0.25, 0.3) is 0 Å². The minimum Gasteiger partial charge on any atom is -0.314 e. The molecule has 1 aromatic rings. The van der Waals surface area contributed by atoms with Gasteiger partial charge in [0.2, 0.25) is 0 Å². The largest absolute Gasteiger partial charge is 0.314 e. The van der Waals surface area contributed by atoms with Gasteiger partial charge in [-0.1, -0.05) is 0 Å². The van der Waals surface area contributed by atoms with Gasteiger partial charge >= 0.3 is 0 Å². The van der Waals surface area contributed by atoms with Gasteiger partial charge in [-0.3, -0.25) is 9.88 Å². The summed E-state index contributed by atoms with van der Waals surface area (Å²) < 4.78 is 0. The zero-order chi connectivity index (χ0) is 10.5. The van der Waals surface area contributed by atoms with E-state index in [2.05, 4.69) is 21.3 Å². The van der Waals surface area contributed by atoms with Crippen molar-refractivity contribution in [3.05, 3.63) is 29.6 Å². The molecule has 78 valence electrons. The van der Waals surface area contributed by atoms with Gasteiger partial charge in [-0.2, -0.15) is 5.26 Å². The van der Waals surface area contributed by atoms with E-state index in [9.17, 15) is 0 Å². The summed E-state index contributed by atoms with van der Waals surface area (Å²) in [4.78, 5) is 6.62. The molecule has 0 aromatic carbocycles. The maximum absolute atomic E-state index is 8.77. The first-order chi connectivity index (χ1) is 7.38. The van der Waals surface area contributed by atoms with E-state index in [1.54, 1.807) is 12.3 Å². The van der Waals surface area contributed by atoms with Crippen LogP contribution in [0.5, 0.6) is 0 Å². The van der Waals surface area contributed by atoms with Crippen LogP contribution < -0.4 is 5.32 Å². The number of hydrogen-bond acceptors (Lipinski definition) is 4. The smallest absolute Gasteiger partial charge is 0.0992 e. The summed E-state index contributed by atoms with van der Waals surface area (Å²) in [7, 11) is 0. The molecule has 2 rings (SSSR count). The first kappa shape index (κ1) is 10.1. The van der Waals surface area contributed by atoms with Crippen molar-refractivity contribution in [2.45, 2.75) is 6.54 Å². The number of piperazine rings is 1. The molecule has 4 nitrogen and oxygen atoms in total. The molecule has 15 heavy (non-hydrogen) atoms. The van der Waals surface area contributed by atoms with Gasteiger partial charge in [0, 0.05) is 38.9 Å². The molecule has 0 saturated carbocycles. The fourth-order valence-corrected chi connectivity index (χ4v) is 1.73. The topological polar surface area (TPSA) is 52.0 Å².